The summed E-state index contributed by atoms with van der Waals surface area (Å²) in [6.45, 7) is 1.95. The summed E-state index contributed by atoms with van der Waals surface area (Å²) in [5.74, 6) is 0.777. The van der Waals surface area contributed by atoms with Crippen LogP contribution in [0.4, 0.5) is 0 Å². The number of aromatic nitrogens is 2. The largest absolute Gasteiger partial charge is 0.231 e. The van der Waals surface area contributed by atoms with E-state index in [0.29, 0.717) is 5.56 Å². The van der Waals surface area contributed by atoms with Gasteiger partial charge in [-0.2, -0.15) is 5.26 Å². The van der Waals surface area contributed by atoms with Crippen molar-refractivity contribution in [1.82, 2.24) is 9.97 Å². The predicted octanol–water partition coefficient (Wildman–Crippen LogP) is 2.95. The smallest absolute Gasteiger partial charge is 0.188 e. The fourth-order valence-corrected chi connectivity index (χ4v) is 2.19. The van der Waals surface area contributed by atoms with Gasteiger partial charge in [0, 0.05) is 17.6 Å². The summed E-state index contributed by atoms with van der Waals surface area (Å²) in [6, 6.07) is 11.6. The molecule has 3 nitrogen and oxygen atoms in total. The molecule has 0 saturated carbocycles. The van der Waals surface area contributed by atoms with Gasteiger partial charge in [0.1, 0.15) is 0 Å². The summed E-state index contributed by atoms with van der Waals surface area (Å²) < 4.78 is 0. The molecule has 0 bridgehead atoms. The Balaban J connectivity index is 2.05. The minimum absolute atomic E-state index is 0.688. The highest BCUT2D eigenvalue weighted by Crippen LogP contribution is 2.19. The Morgan fingerprint density at radius 1 is 1.35 bits per heavy atom. The number of rotatable bonds is 3. The lowest BCUT2D eigenvalue weighted by Crippen LogP contribution is -1.89. The van der Waals surface area contributed by atoms with Crippen LogP contribution in [0.25, 0.3) is 0 Å². The summed E-state index contributed by atoms with van der Waals surface area (Å²) >= 11 is 1.58. The van der Waals surface area contributed by atoms with Crippen molar-refractivity contribution < 1.29 is 0 Å². The quantitative estimate of drug-likeness (QED) is 0.612. The molecule has 0 N–H and O–H groups in total. The summed E-state index contributed by atoms with van der Waals surface area (Å²) in [7, 11) is 0. The third-order valence-corrected chi connectivity index (χ3v) is 3.13. The highest BCUT2D eigenvalue weighted by Gasteiger charge is 2.00. The van der Waals surface area contributed by atoms with Crippen molar-refractivity contribution in [2.24, 2.45) is 0 Å². The normalized spacial score (nSPS) is 9.88. The van der Waals surface area contributed by atoms with Crippen LogP contribution in [0.1, 0.15) is 16.8 Å². The van der Waals surface area contributed by atoms with Gasteiger partial charge in [-0.05, 0) is 30.7 Å². The van der Waals surface area contributed by atoms with E-state index in [-0.39, 0.29) is 0 Å². The Morgan fingerprint density at radius 2 is 2.24 bits per heavy atom. The highest BCUT2D eigenvalue weighted by molar-refractivity contribution is 7.98. The van der Waals surface area contributed by atoms with Crippen LogP contribution in [0, 0.1) is 18.3 Å². The molecule has 1 aromatic heterocycles. The number of hydrogen-bond acceptors (Lipinski definition) is 4. The molecule has 0 atom stereocenters. The topological polar surface area (TPSA) is 49.6 Å². The van der Waals surface area contributed by atoms with Gasteiger partial charge in [-0.3, -0.25) is 0 Å². The molecular formula is C13H11N3S. The van der Waals surface area contributed by atoms with Gasteiger partial charge in [0.05, 0.1) is 11.6 Å². The fourth-order valence-electron chi connectivity index (χ4n) is 1.37. The van der Waals surface area contributed by atoms with Crippen molar-refractivity contribution in [3.05, 3.63) is 53.3 Å². The zero-order valence-corrected chi connectivity index (χ0v) is 10.2. The van der Waals surface area contributed by atoms with Crippen LogP contribution in [-0.4, -0.2) is 9.97 Å². The van der Waals surface area contributed by atoms with Crippen molar-refractivity contribution in [2.45, 2.75) is 17.8 Å². The second-order valence-electron chi connectivity index (χ2n) is 3.58. The van der Waals surface area contributed by atoms with E-state index in [1.54, 1.807) is 24.0 Å². The van der Waals surface area contributed by atoms with Crippen LogP contribution in [0.2, 0.25) is 0 Å². The number of aryl methyl sites for hydroxylation is 1. The van der Waals surface area contributed by atoms with Gasteiger partial charge >= 0.3 is 0 Å². The van der Waals surface area contributed by atoms with Gasteiger partial charge < -0.3 is 0 Å². The van der Waals surface area contributed by atoms with Gasteiger partial charge in [0.15, 0.2) is 5.16 Å². The van der Waals surface area contributed by atoms with E-state index in [1.165, 1.54) is 0 Å². The van der Waals surface area contributed by atoms with Crippen LogP contribution >= 0.6 is 11.8 Å². The van der Waals surface area contributed by atoms with E-state index >= 15 is 0 Å². The monoisotopic (exact) mass is 241 g/mol. The molecule has 0 fully saturated rings. The number of benzene rings is 1. The van der Waals surface area contributed by atoms with Crippen molar-refractivity contribution in [3.63, 3.8) is 0 Å². The van der Waals surface area contributed by atoms with Crippen LogP contribution in [-0.2, 0) is 5.75 Å². The lowest BCUT2D eigenvalue weighted by atomic mass is 10.2. The molecule has 1 aromatic carbocycles. The molecule has 0 radical (unpaired) electrons. The Kier molecular flexibility index (Phi) is 3.73. The third kappa shape index (κ3) is 3.30. The number of nitriles is 1. The van der Waals surface area contributed by atoms with Gasteiger partial charge in [-0.1, -0.05) is 23.9 Å². The molecule has 0 amide bonds. The Labute approximate surface area is 105 Å². The van der Waals surface area contributed by atoms with Crippen molar-refractivity contribution in [1.29, 1.82) is 5.26 Å². The molecule has 0 spiro atoms. The van der Waals surface area contributed by atoms with E-state index in [9.17, 15) is 0 Å². The van der Waals surface area contributed by atoms with E-state index in [2.05, 4.69) is 16.0 Å². The first-order valence-electron chi connectivity index (χ1n) is 5.19. The number of thioether (sulfide) groups is 1. The highest BCUT2D eigenvalue weighted by atomic mass is 32.2. The predicted molar refractivity (Wildman–Crippen MR) is 67.5 cm³/mol. The minimum Gasteiger partial charge on any atom is -0.231 e. The molecule has 0 unspecified atom stereocenters. The zero-order chi connectivity index (χ0) is 12.1. The molecule has 2 rings (SSSR count). The second kappa shape index (κ2) is 5.46. The van der Waals surface area contributed by atoms with Crippen LogP contribution < -0.4 is 0 Å². The summed E-state index contributed by atoms with van der Waals surface area (Å²) in [4.78, 5) is 8.50. The standard InChI is InChI=1S/C13H11N3S/c1-10-5-6-15-13(16-10)17-9-12-4-2-3-11(7-12)8-14/h2-7H,9H2,1H3. The van der Waals surface area contributed by atoms with Gasteiger partial charge in [0.2, 0.25) is 0 Å². The SMILES string of the molecule is Cc1ccnc(SCc2cccc(C#N)c2)n1. The van der Waals surface area contributed by atoms with Crippen molar-refractivity contribution in [2.75, 3.05) is 0 Å². The third-order valence-electron chi connectivity index (χ3n) is 2.20. The molecule has 2 aromatic rings. The van der Waals surface area contributed by atoms with E-state index < -0.39 is 0 Å². The molecule has 4 heteroatoms. The maximum Gasteiger partial charge on any atom is 0.188 e. The maximum atomic E-state index is 8.80. The van der Waals surface area contributed by atoms with Crippen LogP contribution in [0.5, 0.6) is 0 Å². The minimum atomic E-state index is 0.688. The van der Waals surface area contributed by atoms with E-state index in [4.69, 9.17) is 5.26 Å². The second-order valence-corrected chi connectivity index (χ2v) is 4.52. The molecular weight excluding hydrogens is 230 g/mol. The molecule has 0 aliphatic carbocycles. The first-order valence-corrected chi connectivity index (χ1v) is 6.18. The Morgan fingerprint density at radius 3 is 3.00 bits per heavy atom. The van der Waals surface area contributed by atoms with Gasteiger partial charge in [0.25, 0.3) is 0 Å². The lowest BCUT2D eigenvalue weighted by Gasteiger charge is -2.01. The maximum absolute atomic E-state index is 8.80. The summed E-state index contributed by atoms with van der Waals surface area (Å²) in [5.41, 5.74) is 2.76. The zero-order valence-electron chi connectivity index (χ0n) is 9.42. The van der Waals surface area contributed by atoms with Crippen LogP contribution in [0.3, 0.4) is 0 Å². The summed E-state index contributed by atoms with van der Waals surface area (Å²) in [5, 5.41) is 9.57. The first-order chi connectivity index (χ1) is 8.28. The average Bonchev–Trinajstić information content (AvgIpc) is 2.37. The van der Waals surface area contributed by atoms with Crippen molar-refractivity contribution >= 4 is 11.8 Å². The number of hydrogen-bond donors (Lipinski definition) is 0. The average molecular weight is 241 g/mol. The van der Waals surface area contributed by atoms with Gasteiger partial charge in [-0.15, -0.1) is 0 Å². The summed E-state index contributed by atoms with van der Waals surface area (Å²) in [6.07, 6.45) is 1.76. The Hall–Kier alpha value is -1.86. The van der Waals surface area contributed by atoms with E-state index in [1.807, 2.05) is 31.2 Å². The first kappa shape index (κ1) is 11.6. The lowest BCUT2D eigenvalue weighted by molar-refractivity contribution is 0.932. The molecule has 17 heavy (non-hydrogen) atoms. The van der Waals surface area contributed by atoms with Crippen molar-refractivity contribution in [3.8, 4) is 6.07 Å². The molecule has 0 aliphatic heterocycles. The number of nitrogens with zero attached hydrogens (tertiary/aromatic N) is 3. The van der Waals surface area contributed by atoms with Crippen LogP contribution in [0.15, 0.2) is 41.7 Å². The van der Waals surface area contributed by atoms with E-state index in [0.717, 1.165) is 22.2 Å². The molecule has 0 saturated heterocycles. The fraction of sp³-hybridized carbons (Fsp3) is 0.154. The molecule has 84 valence electrons. The van der Waals surface area contributed by atoms with Gasteiger partial charge in [-0.25, -0.2) is 9.97 Å². The molecule has 0 aliphatic rings. The molecule has 1 heterocycles. The Bertz CT molecular complexity index is 561.